The number of amidine groups is 1. The second kappa shape index (κ2) is 4.73. The predicted molar refractivity (Wildman–Crippen MR) is 64.3 cm³/mol. The fourth-order valence-electron chi connectivity index (χ4n) is 1.37. The molecule has 0 aliphatic heterocycles. The molecule has 1 aromatic carbocycles. The van der Waals surface area contributed by atoms with Gasteiger partial charge in [0, 0.05) is 11.5 Å². The lowest BCUT2D eigenvalue weighted by molar-refractivity contribution is 0.469. The molecule has 6 nitrogen and oxygen atoms in total. The van der Waals surface area contributed by atoms with E-state index in [1.807, 2.05) is 37.3 Å². The molecule has 0 aliphatic rings. The van der Waals surface area contributed by atoms with Gasteiger partial charge in [-0.2, -0.15) is 4.80 Å². The molecule has 0 bridgehead atoms. The summed E-state index contributed by atoms with van der Waals surface area (Å²) < 4.78 is 0. The number of benzene rings is 1. The highest BCUT2D eigenvalue weighted by atomic mass is 15.6. The molecule has 1 atom stereocenters. The first-order valence-corrected chi connectivity index (χ1v) is 5.34. The van der Waals surface area contributed by atoms with Crippen LogP contribution in [0.25, 0.3) is 11.4 Å². The van der Waals surface area contributed by atoms with Crippen molar-refractivity contribution in [3.05, 3.63) is 30.3 Å². The topological polar surface area (TPSA) is 93.5 Å². The van der Waals surface area contributed by atoms with Crippen LogP contribution in [0.3, 0.4) is 0 Å². The van der Waals surface area contributed by atoms with Crippen LogP contribution in [0.4, 0.5) is 0 Å². The van der Waals surface area contributed by atoms with Crippen molar-refractivity contribution < 1.29 is 0 Å². The Morgan fingerprint density at radius 3 is 2.76 bits per heavy atom. The zero-order valence-electron chi connectivity index (χ0n) is 9.54. The molecular weight excluding hydrogens is 216 g/mol. The van der Waals surface area contributed by atoms with E-state index in [9.17, 15) is 0 Å². The molecular formula is C11H14N6. The van der Waals surface area contributed by atoms with E-state index in [1.54, 1.807) is 0 Å². The Labute approximate surface area is 99.0 Å². The number of nitrogens with zero attached hydrogens (tertiary/aromatic N) is 4. The van der Waals surface area contributed by atoms with E-state index in [2.05, 4.69) is 15.4 Å². The lowest BCUT2D eigenvalue weighted by Crippen LogP contribution is -2.25. The minimum Gasteiger partial charge on any atom is -0.387 e. The monoisotopic (exact) mass is 230 g/mol. The van der Waals surface area contributed by atoms with Gasteiger partial charge in [0.15, 0.2) is 0 Å². The van der Waals surface area contributed by atoms with Crippen LogP contribution in [-0.2, 0) is 6.54 Å². The molecule has 0 radical (unpaired) electrons. The first-order valence-electron chi connectivity index (χ1n) is 5.34. The average Bonchev–Trinajstić information content (AvgIpc) is 2.78. The fraction of sp³-hybridized carbons (Fsp3) is 0.273. The number of aromatic nitrogens is 4. The van der Waals surface area contributed by atoms with E-state index >= 15 is 0 Å². The van der Waals surface area contributed by atoms with E-state index in [4.69, 9.17) is 11.1 Å². The van der Waals surface area contributed by atoms with E-state index in [0.717, 1.165) is 5.56 Å². The molecule has 2 aromatic rings. The summed E-state index contributed by atoms with van der Waals surface area (Å²) in [6.45, 7) is 2.32. The molecule has 0 fully saturated rings. The van der Waals surface area contributed by atoms with Gasteiger partial charge in [-0.25, -0.2) is 0 Å². The first kappa shape index (κ1) is 11.3. The van der Waals surface area contributed by atoms with Gasteiger partial charge < -0.3 is 5.73 Å². The highest BCUT2D eigenvalue weighted by Gasteiger charge is 2.10. The van der Waals surface area contributed by atoms with Gasteiger partial charge in [0.2, 0.25) is 5.82 Å². The average molecular weight is 230 g/mol. The van der Waals surface area contributed by atoms with Crippen molar-refractivity contribution in [2.45, 2.75) is 13.5 Å². The zero-order chi connectivity index (χ0) is 12.3. The van der Waals surface area contributed by atoms with Gasteiger partial charge in [-0.1, -0.05) is 37.3 Å². The maximum Gasteiger partial charge on any atom is 0.204 e. The van der Waals surface area contributed by atoms with Crippen LogP contribution in [0.1, 0.15) is 6.92 Å². The highest BCUT2D eigenvalue weighted by molar-refractivity contribution is 5.79. The number of tetrazole rings is 1. The Bertz CT molecular complexity index is 504. The molecule has 17 heavy (non-hydrogen) atoms. The number of rotatable bonds is 4. The maximum absolute atomic E-state index is 7.31. The first-order chi connectivity index (χ1) is 8.16. The second-order valence-corrected chi connectivity index (χ2v) is 3.89. The quantitative estimate of drug-likeness (QED) is 0.603. The Morgan fingerprint density at radius 1 is 1.41 bits per heavy atom. The molecule has 0 aliphatic carbocycles. The number of nitrogens with two attached hydrogens (primary N) is 1. The summed E-state index contributed by atoms with van der Waals surface area (Å²) in [5.41, 5.74) is 6.32. The molecule has 0 amide bonds. The summed E-state index contributed by atoms with van der Waals surface area (Å²) in [7, 11) is 0. The lowest BCUT2D eigenvalue weighted by Gasteiger charge is -2.06. The molecule has 3 N–H and O–H groups in total. The van der Waals surface area contributed by atoms with E-state index in [-0.39, 0.29) is 11.8 Å². The van der Waals surface area contributed by atoms with Crippen molar-refractivity contribution >= 4 is 5.84 Å². The summed E-state index contributed by atoms with van der Waals surface area (Å²) in [6, 6.07) is 9.64. The third kappa shape index (κ3) is 2.66. The Morgan fingerprint density at radius 2 is 2.12 bits per heavy atom. The Kier molecular flexibility index (Phi) is 3.13. The van der Waals surface area contributed by atoms with Crippen LogP contribution < -0.4 is 5.73 Å². The normalized spacial score (nSPS) is 12.3. The fourth-order valence-corrected chi connectivity index (χ4v) is 1.37. The second-order valence-electron chi connectivity index (χ2n) is 3.89. The Balaban J connectivity index is 2.14. The predicted octanol–water partition coefficient (Wildman–Crippen LogP) is 0.912. The Hall–Kier alpha value is -2.24. The van der Waals surface area contributed by atoms with Crippen molar-refractivity contribution in [2.75, 3.05) is 0 Å². The van der Waals surface area contributed by atoms with E-state index in [1.165, 1.54) is 4.80 Å². The van der Waals surface area contributed by atoms with Crippen molar-refractivity contribution in [1.29, 1.82) is 5.41 Å². The van der Waals surface area contributed by atoms with Crippen molar-refractivity contribution in [3.63, 3.8) is 0 Å². The number of hydrogen-bond acceptors (Lipinski definition) is 4. The number of hydrogen-bond donors (Lipinski definition) is 2. The largest absolute Gasteiger partial charge is 0.387 e. The molecule has 1 aromatic heterocycles. The summed E-state index contributed by atoms with van der Waals surface area (Å²) >= 11 is 0. The summed E-state index contributed by atoms with van der Waals surface area (Å²) in [6.07, 6.45) is 0. The molecule has 0 saturated heterocycles. The minimum absolute atomic E-state index is 0.0900. The molecule has 2 rings (SSSR count). The molecule has 0 saturated carbocycles. The van der Waals surface area contributed by atoms with E-state index in [0.29, 0.717) is 12.4 Å². The van der Waals surface area contributed by atoms with Crippen LogP contribution in [0.15, 0.2) is 30.3 Å². The van der Waals surface area contributed by atoms with Crippen LogP contribution in [0.5, 0.6) is 0 Å². The van der Waals surface area contributed by atoms with Gasteiger partial charge in [-0.05, 0) is 5.21 Å². The molecule has 1 heterocycles. The van der Waals surface area contributed by atoms with E-state index < -0.39 is 0 Å². The van der Waals surface area contributed by atoms with Crippen LogP contribution in [0, 0.1) is 11.3 Å². The van der Waals surface area contributed by atoms with Crippen LogP contribution >= 0.6 is 0 Å². The molecule has 88 valence electrons. The molecule has 6 heteroatoms. The number of nitrogens with one attached hydrogen (secondary N) is 1. The van der Waals surface area contributed by atoms with Crippen LogP contribution in [-0.4, -0.2) is 26.0 Å². The van der Waals surface area contributed by atoms with Gasteiger partial charge in [0.1, 0.15) is 0 Å². The van der Waals surface area contributed by atoms with Crippen molar-refractivity contribution in [3.8, 4) is 11.4 Å². The summed E-state index contributed by atoms with van der Waals surface area (Å²) in [5.74, 6) is 0.623. The van der Waals surface area contributed by atoms with Gasteiger partial charge in [0.05, 0.1) is 12.4 Å². The van der Waals surface area contributed by atoms with Gasteiger partial charge in [0.25, 0.3) is 0 Å². The maximum atomic E-state index is 7.31. The van der Waals surface area contributed by atoms with Gasteiger partial charge >= 0.3 is 0 Å². The third-order valence-corrected chi connectivity index (χ3v) is 2.45. The minimum atomic E-state index is -0.0900. The van der Waals surface area contributed by atoms with Crippen molar-refractivity contribution in [1.82, 2.24) is 20.2 Å². The van der Waals surface area contributed by atoms with Gasteiger partial charge in [-0.3, -0.25) is 5.41 Å². The molecule has 1 unspecified atom stereocenters. The summed E-state index contributed by atoms with van der Waals surface area (Å²) in [4.78, 5) is 1.47. The SMILES string of the molecule is CC(Cn1nnc(-c2ccccc2)n1)C(=N)N. The standard InChI is InChI=1S/C11H14N6/c1-8(10(12)13)7-17-15-11(14-16-17)9-5-3-2-4-6-9/h2-6,8H,7H2,1H3,(H3,12,13). The van der Waals surface area contributed by atoms with Gasteiger partial charge in [-0.15, -0.1) is 10.2 Å². The summed E-state index contributed by atoms with van der Waals surface area (Å²) in [5, 5.41) is 19.5. The zero-order valence-corrected chi connectivity index (χ0v) is 9.54. The van der Waals surface area contributed by atoms with Crippen molar-refractivity contribution in [2.24, 2.45) is 11.7 Å². The third-order valence-electron chi connectivity index (χ3n) is 2.45. The molecule has 0 spiro atoms. The highest BCUT2D eigenvalue weighted by Crippen LogP contribution is 2.12. The van der Waals surface area contributed by atoms with Crippen LogP contribution in [0.2, 0.25) is 0 Å². The lowest BCUT2D eigenvalue weighted by atomic mass is 10.2. The smallest absolute Gasteiger partial charge is 0.204 e.